The van der Waals surface area contributed by atoms with Crippen LogP contribution in [-0.4, -0.2) is 35.9 Å². The number of halogens is 3. The molecular weight excluding hydrogens is 491 g/mol. The molecule has 0 aliphatic heterocycles. The second-order valence-corrected chi connectivity index (χ2v) is 9.06. The highest BCUT2D eigenvalue weighted by molar-refractivity contribution is 9.10. The topological polar surface area (TPSA) is 58.6 Å². The van der Waals surface area contributed by atoms with Crippen molar-refractivity contribution in [1.29, 1.82) is 0 Å². The van der Waals surface area contributed by atoms with E-state index in [1.165, 1.54) is 4.90 Å². The summed E-state index contributed by atoms with van der Waals surface area (Å²) in [6.45, 7) is 6.27. The Bertz CT molecular complexity index is 875. The minimum Gasteiger partial charge on any atom is -0.484 e. The summed E-state index contributed by atoms with van der Waals surface area (Å²) < 4.78 is 6.54. The van der Waals surface area contributed by atoms with Gasteiger partial charge in [-0.05, 0) is 54.8 Å². The van der Waals surface area contributed by atoms with E-state index in [2.05, 4.69) is 21.2 Å². The van der Waals surface area contributed by atoms with Gasteiger partial charge in [-0.2, -0.15) is 0 Å². The molecule has 0 fully saturated rings. The van der Waals surface area contributed by atoms with Gasteiger partial charge in [0.2, 0.25) is 5.91 Å². The number of rotatable bonds is 9. The molecule has 0 aliphatic carbocycles. The summed E-state index contributed by atoms with van der Waals surface area (Å²) in [6.07, 6.45) is 0. The van der Waals surface area contributed by atoms with Gasteiger partial charge in [0.05, 0.1) is 10.0 Å². The van der Waals surface area contributed by atoms with Gasteiger partial charge in [-0.15, -0.1) is 0 Å². The molecule has 0 saturated heterocycles. The zero-order valence-electron chi connectivity index (χ0n) is 17.1. The number of benzene rings is 2. The molecule has 0 saturated carbocycles. The Morgan fingerprint density at radius 2 is 1.73 bits per heavy atom. The van der Waals surface area contributed by atoms with Crippen LogP contribution in [0.15, 0.2) is 46.9 Å². The maximum atomic E-state index is 13.0. The van der Waals surface area contributed by atoms with E-state index in [9.17, 15) is 9.59 Å². The third kappa shape index (κ3) is 7.49. The molecule has 30 heavy (non-hydrogen) atoms. The van der Waals surface area contributed by atoms with E-state index in [-0.39, 0.29) is 25.0 Å². The summed E-state index contributed by atoms with van der Waals surface area (Å²) >= 11 is 15.5. The first kappa shape index (κ1) is 24.5. The van der Waals surface area contributed by atoms with Crippen LogP contribution in [0, 0.1) is 5.92 Å². The molecule has 1 atom stereocenters. The first-order valence-electron chi connectivity index (χ1n) is 9.57. The van der Waals surface area contributed by atoms with Crippen LogP contribution < -0.4 is 10.1 Å². The Kier molecular flexibility index (Phi) is 9.46. The van der Waals surface area contributed by atoms with E-state index in [1.807, 2.05) is 26.0 Å². The zero-order chi connectivity index (χ0) is 22.3. The molecule has 0 bridgehead atoms. The fraction of sp³-hybridized carbons (Fsp3) is 0.364. The van der Waals surface area contributed by atoms with E-state index < -0.39 is 6.04 Å². The van der Waals surface area contributed by atoms with Crippen molar-refractivity contribution in [3.8, 4) is 5.75 Å². The molecule has 8 heteroatoms. The quantitative estimate of drug-likeness (QED) is 0.491. The van der Waals surface area contributed by atoms with Crippen LogP contribution >= 0.6 is 39.1 Å². The SMILES string of the molecule is CC(C)CNC(=O)[C@@H](C)N(Cc1ccc(Cl)c(Cl)c1)C(=O)COc1ccc(Br)cc1. The van der Waals surface area contributed by atoms with Gasteiger partial charge in [0.15, 0.2) is 6.61 Å². The predicted molar refractivity (Wildman–Crippen MR) is 124 cm³/mol. The summed E-state index contributed by atoms with van der Waals surface area (Å²) in [5, 5.41) is 3.70. The molecule has 0 spiro atoms. The highest BCUT2D eigenvalue weighted by Gasteiger charge is 2.26. The van der Waals surface area contributed by atoms with Gasteiger partial charge in [-0.25, -0.2) is 0 Å². The molecule has 2 aromatic rings. The lowest BCUT2D eigenvalue weighted by Crippen LogP contribution is -2.49. The van der Waals surface area contributed by atoms with E-state index >= 15 is 0 Å². The Hall–Kier alpha value is -1.76. The Labute approximate surface area is 195 Å². The van der Waals surface area contributed by atoms with Crippen LogP contribution in [0.25, 0.3) is 0 Å². The number of hydrogen-bond donors (Lipinski definition) is 1. The molecule has 162 valence electrons. The van der Waals surface area contributed by atoms with E-state index in [0.29, 0.717) is 28.3 Å². The van der Waals surface area contributed by atoms with Crippen LogP contribution in [-0.2, 0) is 16.1 Å². The number of nitrogens with zero attached hydrogens (tertiary/aromatic N) is 1. The van der Waals surface area contributed by atoms with Crippen LogP contribution in [0.3, 0.4) is 0 Å². The van der Waals surface area contributed by atoms with Crippen molar-refractivity contribution in [2.45, 2.75) is 33.4 Å². The lowest BCUT2D eigenvalue weighted by Gasteiger charge is -2.29. The molecule has 0 radical (unpaired) electrons. The molecule has 0 aliphatic rings. The van der Waals surface area contributed by atoms with Crippen molar-refractivity contribution in [1.82, 2.24) is 10.2 Å². The number of carbonyl (C=O) groups is 2. The van der Waals surface area contributed by atoms with Gasteiger partial charge >= 0.3 is 0 Å². The van der Waals surface area contributed by atoms with Crippen LogP contribution in [0.5, 0.6) is 5.75 Å². The van der Waals surface area contributed by atoms with Crippen molar-refractivity contribution < 1.29 is 14.3 Å². The largest absolute Gasteiger partial charge is 0.484 e. The lowest BCUT2D eigenvalue weighted by molar-refractivity contribution is -0.142. The van der Waals surface area contributed by atoms with E-state index in [0.717, 1.165) is 10.0 Å². The molecule has 2 rings (SSSR count). The number of hydrogen-bond acceptors (Lipinski definition) is 3. The van der Waals surface area contributed by atoms with Crippen molar-refractivity contribution in [2.24, 2.45) is 5.92 Å². The lowest BCUT2D eigenvalue weighted by atomic mass is 10.1. The molecule has 5 nitrogen and oxygen atoms in total. The standard InChI is InChI=1S/C22H25BrCl2N2O3/c1-14(2)11-26-22(29)15(3)27(12-16-4-9-19(24)20(25)10-16)21(28)13-30-18-7-5-17(23)6-8-18/h4-10,14-15H,11-13H2,1-3H3,(H,26,29)/t15-/m1/s1. The van der Waals surface area contributed by atoms with Crippen LogP contribution in [0.4, 0.5) is 0 Å². The highest BCUT2D eigenvalue weighted by Crippen LogP contribution is 2.24. The summed E-state index contributed by atoms with van der Waals surface area (Å²) in [7, 11) is 0. The van der Waals surface area contributed by atoms with Crippen molar-refractivity contribution in [3.05, 3.63) is 62.5 Å². The van der Waals surface area contributed by atoms with Gasteiger partial charge < -0.3 is 15.0 Å². The maximum absolute atomic E-state index is 13.0. The maximum Gasteiger partial charge on any atom is 0.261 e. The second kappa shape index (κ2) is 11.6. The summed E-state index contributed by atoms with van der Waals surface area (Å²) in [6, 6.07) is 11.6. The summed E-state index contributed by atoms with van der Waals surface area (Å²) in [4.78, 5) is 27.1. The average molecular weight is 516 g/mol. The van der Waals surface area contributed by atoms with E-state index in [1.54, 1.807) is 37.3 Å². The molecule has 0 aromatic heterocycles. The van der Waals surface area contributed by atoms with E-state index in [4.69, 9.17) is 27.9 Å². The summed E-state index contributed by atoms with van der Waals surface area (Å²) in [5.74, 6) is 0.344. The Morgan fingerprint density at radius 1 is 1.07 bits per heavy atom. The molecule has 2 aromatic carbocycles. The first-order valence-corrected chi connectivity index (χ1v) is 11.1. The minimum absolute atomic E-state index is 0.190. The van der Waals surface area contributed by atoms with Crippen molar-refractivity contribution in [3.63, 3.8) is 0 Å². The van der Waals surface area contributed by atoms with Gasteiger partial charge in [0.25, 0.3) is 5.91 Å². The number of nitrogens with one attached hydrogen (secondary N) is 1. The molecule has 2 amide bonds. The normalized spacial score (nSPS) is 11.8. The van der Waals surface area contributed by atoms with Crippen molar-refractivity contribution >= 4 is 50.9 Å². The Balaban J connectivity index is 2.15. The molecule has 1 N–H and O–H groups in total. The minimum atomic E-state index is -0.681. The van der Waals surface area contributed by atoms with Gasteiger partial charge in [0, 0.05) is 17.6 Å². The van der Waals surface area contributed by atoms with Gasteiger partial charge in [-0.1, -0.05) is 59.0 Å². The first-order chi connectivity index (χ1) is 14.2. The predicted octanol–water partition coefficient (Wildman–Crippen LogP) is 5.32. The zero-order valence-corrected chi connectivity index (χ0v) is 20.2. The highest BCUT2D eigenvalue weighted by atomic mass is 79.9. The van der Waals surface area contributed by atoms with Crippen LogP contribution in [0.2, 0.25) is 10.0 Å². The molecular formula is C22H25BrCl2N2O3. The van der Waals surface area contributed by atoms with Gasteiger partial charge in [0.1, 0.15) is 11.8 Å². The third-order valence-electron chi connectivity index (χ3n) is 4.36. The second-order valence-electron chi connectivity index (χ2n) is 7.33. The number of carbonyl (C=O) groups excluding carboxylic acids is 2. The third-order valence-corrected chi connectivity index (χ3v) is 5.63. The fourth-order valence-electron chi connectivity index (χ4n) is 2.63. The summed E-state index contributed by atoms with van der Waals surface area (Å²) in [5.41, 5.74) is 0.768. The number of amides is 2. The van der Waals surface area contributed by atoms with Crippen molar-refractivity contribution in [2.75, 3.05) is 13.2 Å². The van der Waals surface area contributed by atoms with Gasteiger partial charge in [-0.3, -0.25) is 9.59 Å². The Morgan fingerprint density at radius 3 is 2.33 bits per heavy atom. The molecule has 0 heterocycles. The number of ether oxygens (including phenoxy) is 1. The average Bonchev–Trinajstić information content (AvgIpc) is 2.71. The monoisotopic (exact) mass is 514 g/mol. The smallest absolute Gasteiger partial charge is 0.261 e. The molecule has 0 unspecified atom stereocenters. The van der Waals surface area contributed by atoms with Crippen LogP contribution in [0.1, 0.15) is 26.3 Å². The fourth-order valence-corrected chi connectivity index (χ4v) is 3.21.